The molecular formula is C11H22N4. The molecule has 0 aliphatic carbocycles. The lowest BCUT2D eigenvalue weighted by molar-refractivity contribution is 0.0799. The van der Waals surface area contributed by atoms with Crippen molar-refractivity contribution in [1.82, 2.24) is 20.4 Å². The van der Waals surface area contributed by atoms with Crippen molar-refractivity contribution in [2.24, 2.45) is 0 Å². The van der Waals surface area contributed by atoms with E-state index in [9.17, 15) is 0 Å². The fourth-order valence-electron chi connectivity index (χ4n) is 2.38. The zero-order valence-electron chi connectivity index (χ0n) is 9.41. The maximum Gasteiger partial charge on any atom is 0.0729 e. The molecule has 1 atom stereocenters. The minimum atomic E-state index is 0.542. The Balaban J connectivity index is 1.82. The first kappa shape index (κ1) is 11.1. The topological polar surface area (TPSA) is 30.5 Å². The van der Waals surface area contributed by atoms with Crippen LogP contribution in [0.5, 0.6) is 0 Å². The first-order chi connectivity index (χ1) is 7.40. The van der Waals surface area contributed by atoms with Crippen molar-refractivity contribution >= 4 is 0 Å². The average Bonchev–Trinajstić information content (AvgIpc) is 2.31. The van der Waals surface area contributed by atoms with E-state index in [-0.39, 0.29) is 0 Å². The highest BCUT2D eigenvalue weighted by Gasteiger charge is 2.24. The maximum atomic E-state index is 3.81. The van der Waals surface area contributed by atoms with Gasteiger partial charge in [0, 0.05) is 52.4 Å². The normalized spacial score (nSPS) is 30.3. The third-order valence-electron chi connectivity index (χ3n) is 3.22. The van der Waals surface area contributed by atoms with E-state index >= 15 is 0 Å². The van der Waals surface area contributed by atoms with Crippen molar-refractivity contribution in [3.8, 4) is 0 Å². The number of nitrogens with one attached hydrogen (secondary N) is 2. The van der Waals surface area contributed by atoms with E-state index in [2.05, 4.69) is 27.0 Å². The van der Waals surface area contributed by atoms with Crippen molar-refractivity contribution in [3.05, 3.63) is 12.7 Å². The third kappa shape index (κ3) is 3.01. The third-order valence-corrected chi connectivity index (χ3v) is 3.22. The molecule has 0 aromatic rings. The van der Waals surface area contributed by atoms with Crippen molar-refractivity contribution in [2.75, 3.05) is 52.4 Å². The maximum absolute atomic E-state index is 3.81. The van der Waals surface area contributed by atoms with Crippen LogP contribution in [0.1, 0.15) is 0 Å². The molecule has 2 heterocycles. The van der Waals surface area contributed by atoms with Crippen LogP contribution in [0.15, 0.2) is 12.7 Å². The number of nitrogens with zero attached hydrogens (tertiary/aromatic N) is 2. The van der Waals surface area contributed by atoms with Crippen LogP contribution in [-0.2, 0) is 0 Å². The smallest absolute Gasteiger partial charge is 0.0729 e. The fourth-order valence-corrected chi connectivity index (χ4v) is 2.38. The van der Waals surface area contributed by atoms with Gasteiger partial charge in [0.15, 0.2) is 0 Å². The highest BCUT2D eigenvalue weighted by molar-refractivity contribution is 4.84. The van der Waals surface area contributed by atoms with Crippen molar-refractivity contribution in [1.29, 1.82) is 0 Å². The number of rotatable bonds is 3. The molecule has 2 N–H and O–H groups in total. The van der Waals surface area contributed by atoms with Gasteiger partial charge in [0.25, 0.3) is 0 Å². The summed E-state index contributed by atoms with van der Waals surface area (Å²) in [5.74, 6) is 0. The summed E-state index contributed by atoms with van der Waals surface area (Å²) < 4.78 is 0. The van der Waals surface area contributed by atoms with E-state index in [0.29, 0.717) is 6.17 Å². The monoisotopic (exact) mass is 210 g/mol. The molecule has 1 unspecified atom stereocenters. The van der Waals surface area contributed by atoms with Gasteiger partial charge < -0.3 is 5.32 Å². The first-order valence-electron chi connectivity index (χ1n) is 5.91. The van der Waals surface area contributed by atoms with Crippen LogP contribution in [-0.4, -0.2) is 68.3 Å². The van der Waals surface area contributed by atoms with Crippen LogP contribution >= 0.6 is 0 Å². The largest absolute Gasteiger partial charge is 0.314 e. The molecule has 0 aromatic heterocycles. The molecule has 4 heteroatoms. The Kier molecular flexibility index (Phi) is 4.14. The lowest BCUT2D eigenvalue weighted by atomic mass is 10.2. The summed E-state index contributed by atoms with van der Waals surface area (Å²) in [5, 5.41) is 6.99. The van der Waals surface area contributed by atoms with Gasteiger partial charge in [-0.15, -0.1) is 6.58 Å². The molecule has 2 aliphatic heterocycles. The molecule has 15 heavy (non-hydrogen) atoms. The van der Waals surface area contributed by atoms with Crippen molar-refractivity contribution in [3.63, 3.8) is 0 Å². The SMILES string of the molecule is C=CCN1CCNC(N2CCNCC2)C1. The second-order valence-corrected chi connectivity index (χ2v) is 4.30. The second-order valence-electron chi connectivity index (χ2n) is 4.30. The highest BCUT2D eigenvalue weighted by atomic mass is 15.4. The van der Waals surface area contributed by atoms with Gasteiger partial charge >= 0.3 is 0 Å². The molecule has 2 fully saturated rings. The summed E-state index contributed by atoms with van der Waals surface area (Å²) in [6.07, 6.45) is 2.54. The zero-order chi connectivity index (χ0) is 10.5. The van der Waals surface area contributed by atoms with E-state index < -0.39 is 0 Å². The van der Waals surface area contributed by atoms with Gasteiger partial charge in [-0.25, -0.2) is 0 Å². The molecule has 0 radical (unpaired) electrons. The standard InChI is InChI=1S/C11H22N4/c1-2-6-14-7-5-13-11(10-14)15-8-3-12-4-9-15/h2,11-13H,1,3-10H2. The van der Waals surface area contributed by atoms with Crippen LogP contribution in [0, 0.1) is 0 Å². The molecule has 0 spiro atoms. The number of hydrogen-bond acceptors (Lipinski definition) is 4. The molecule has 0 bridgehead atoms. The van der Waals surface area contributed by atoms with Gasteiger partial charge in [0.1, 0.15) is 0 Å². The van der Waals surface area contributed by atoms with Gasteiger partial charge in [-0.05, 0) is 0 Å². The quantitative estimate of drug-likeness (QED) is 0.604. The Hall–Kier alpha value is -0.420. The predicted molar refractivity (Wildman–Crippen MR) is 62.9 cm³/mol. The second kappa shape index (κ2) is 5.61. The summed E-state index contributed by atoms with van der Waals surface area (Å²) in [4.78, 5) is 5.02. The minimum absolute atomic E-state index is 0.542. The molecule has 2 rings (SSSR count). The Bertz CT molecular complexity index is 201. The number of hydrogen-bond donors (Lipinski definition) is 2. The lowest BCUT2D eigenvalue weighted by Gasteiger charge is -2.41. The van der Waals surface area contributed by atoms with Gasteiger partial charge in [0.05, 0.1) is 6.17 Å². The summed E-state index contributed by atoms with van der Waals surface area (Å²) in [6.45, 7) is 12.8. The summed E-state index contributed by atoms with van der Waals surface area (Å²) in [7, 11) is 0. The average molecular weight is 210 g/mol. The van der Waals surface area contributed by atoms with Gasteiger partial charge in [-0.3, -0.25) is 15.1 Å². The van der Waals surface area contributed by atoms with E-state index in [1.165, 1.54) is 13.1 Å². The molecule has 0 saturated carbocycles. The molecular weight excluding hydrogens is 188 g/mol. The highest BCUT2D eigenvalue weighted by Crippen LogP contribution is 2.05. The first-order valence-corrected chi connectivity index (χ1v) is 5.91. The number of piperazine rings is 2. The fraction of sp³-hybridized carbons (Fsp3) is 0.818. The Morgan fingerprint density at radius 3 is 2.73 bits per heavy atom. The molecule has 0 aromatic carbocycles. The van der Waals surface area contributed by atoms with E-state index in [0.717, 1.165) is 39.3 Å². The zero-order valence-corrected chi connectivity index (χ0v) is 9.41. The Morgan fingerprint density at radius 1 is 1.20 bits per heavy atom. The molecule has 2 aliphatic rings. The van der Waals surface area contributed by atoms with E-state index in [1.807, 2.05) is 6.08 Å². The van der Waals surface area contributed by atoms with E-state index in [4.69, 9.17) is 0 Å². The van der Waals surface area contributed by atoms with Gasteiger partial charge in [-0.1, -0.05) is 6.08 Å². The molecule has 2 saturated heterocycles. The molecule has 0 amide bonds. The van der Waals surface area contributed by atoms with Crippen molar-refractivity contribution in [2.45, 2.75) is 6.17 Å². The molecule has 86 valence electrons. The minimum Gasteiger partial charge on any atom is -0.314 e. The summed E-state index contributed by atoms with van der Waals surface area (Å²) in [6, 6.07) is 0. The van der Waals surface area contributed by atoms with Crippen LogP contribution in [0.2, 0.25) is 0 Å². The Morgan fingerprint density at radius 2 is 2.00 bits per heavy atom. The van der Waals surface area contributed by atoms with Crippen LogP contribution in [0.4, 0.5) is 0 Å². The summed E-state index contributed by atoms with van der Waals surface area (Å²) >= 11 is 0. The Labute approximate surface area is 92.3 Å². The van der Waals surface area contributed by atoms with Crippen LogP contribution in [0.3, 0.4) is 0 Å². The lowest BCUT2D eigenvalue weighted by Crippen LogP contribution is -2.61. The van der Waals surface area contributed by atoms with E-state index in [1.54, 1.807) is 0 Å². The van der Waals surface area contributed by atoms with Crippen LogP contribution in [0.25, 0.3) is 0 Å². The van der Waals surface area contributed by atoms with Crippen LogP contribution < -0.4 is 10.6 Å². The van der Waals surface area contributed by atoms with Crippen molar-refractivity contribution < 1.29 is 0 Å². The van der Waals surface area contributed by atoms with Gasteiger partial charge in [0.2, 0.25) is 0 Å². The van der Waals surface area contributed by atoms with Gasteiger partial charge in [-0.2, -0.15) is 0 Å². The summed E-state index contributed by atoms with van der Waals surface area (Å²) in [5.41, 5.74) is 0. The predicted octanol–water partition coefficient (Wildman–Crippen LogP) is -0.691. The molecule has 4 nitrogen and oxygen atoms in total.